The van der Waals surface area contributed by atoms with Gasteiger partial charge in [-0.15, -0.1) is 0 Å². The summed E-state index contributed by atoms with van der Waals surface area (Å²) in [5, 5.41) is 12.8. The van der Waals surface area contributed by atoms with Crippen LogP contribution in [0.1, 0.15) is 29.5 Å². The molecule has 3 heteroatoms. The van der Waals surface area contributed by atoms with Gasteiger partial charge in [0.15, 0.2) is 0 Å². The number of hydrogen-bond acceptors (Lipinski definition) is 3. The van der Waals surface area contributed by atoms with Gasteiger partial charge in [0.1, 0.15) is 0 Å². The molecule has 0 spiro atoms. The molecule has 3 rings (SSSR count). The van der Waals surface area contributed by atoms with Crippen LogP contribution in [-0.4, -0.2) is 42.2 Å². The van der Waals surface area contributed by atoms with Crippen LogP contribution in [0.2, 0.25) is 0 Å². The molecule has 1 aliphatic rings. The van der Waals surface area contributed by atoms with E-state index in [0.29, 0.717) is 6.04 Å². The standard InChI is InChI=1S/C22H30N2O/c25-18-21-8-6-20(7-9-21)10-14-23-22-12-16-24(17-13-22)15-11-19-4-2-1-3-5-19/h1-9,22-23,25H,10-18H2. The van der Waals surface area contributed by atoms with E-state index in [2.05, 4.69) is 52.7 Å². The Kier molecular flexibility index (Phi) is 7.04. The molecule has 2 N–H and O–H groups in total. The molecule has 134 valence electrons. The summed E-state index contributed by atoms with van der Waals surface area (Å²) in [6.45, 7) is 4.74. The molecule has 0 aromatic heterocycles. The average Bonchev–Trinajstić information content (AvgIpc) is 2.69. The van der Waals surface area contributed by atoms with E-state index in [1.165, 1.54) is 43.6 Å². The summed E-state index contributed by atoms with van der Waals surface area (Å²) in [6, 6.07) is 19.7. The van der Waals surface area contributed by atoms with Gasteiger partial charge < -0.3 is 15.3 Å². The van der Waals surface area contributed by atoms with Gasteiger partial charge in [0.05, 0.1) is 6.61 Å². The van der Waals surface area contributed by atoms with E-state index in [1.807, 2.05) is 12.1 Å². The number of hydrogen-bond donors (Lipinski definition) is 2. The highest BCUT2D eigenvalue weighted by atomic mass is 16.3. The highest BCUT2D eigenvalue weighted by Crippen LogP contribution is 2.12. The van der Waals surface area contributed by atoms with Crippen molar-refractivity contribution in [3.05, 3.63) is 71.3 Å². The summed E-state index contributed by atoms with van der Waals surface area (Å²) in [5.41, 5.74) is 3.76. The van der Waals surface area contributed by atoms with E-state index in [-0.39, 0.29) is 6.61 Å². The van der Waals surface area contributed by atoms with Crippen LogP contribution in [-0.2, 0) is 19.4 Å². The minimum absolute atomic E-state index is 0.126. The molecule has 2 aromatic rings. The smallest absolute Gasteiger partial charge is 0.0681 e. The van der Waals surface area contributed by atoms with Crippen molar-refractivity contribution in [3.63, 3.8) is 0 Å². The fraction of sp³-hybridized carbons (Fsp3) is 0.455. The van der Waals surface area contributed by atoms with Gasteiger partial charge in [-0.3, -0.25) is 0 Å². The zero-order valence-electron chi connectivity index (χ0n) is 15.0. The Morgan fingerprint density at radius 1 is 0.840 bits per heavy atom. The van der Waals surface area contributed by atoms with Gasteiger partial charge in [-0.1, -0.05) is 54.6 Å². The minimum Gasteiger partial charge on any atom is -0.392 e. The molecule has 1 fully saturated rings. The maximum atomic E-state index is 9.08. The normalized spacial score (nSPS) is 16.2. The topological polar surface area (TPSA) is 35.5 Å². The summed E-state index contributed by atoms with van der Waals surface area (Å²) in [4.78, 5) is 2.60. The molecule has 25 heavy (non-hydrogen) atoms. The Balaban J connectivity index is 1.31. The molecule has 0 amide bonds. The van der Waals surface area contributed by atoms with E-state index >= 15 is 0 Å². The summed E-state index contributed by atoms with van der Waals surface area (Å²) in [6.07, 6.45) is 4.71. The van der Waals surface area contributed by atoms with Crippen molar-refractivity contribution in [2.24, 2.45) is 0 Å². The van der Waals surface area contributed by atoms with E-state index in [4.69, 9.17) is 5.11 Å². The van der Waals surface area contributed by atoms with Gasteiger partial charge in [0, 0.05) is 12.6 Å². The van der Waals surface area contributed by atoms with Crippen molar-refractivity contribution in [2.45, 2.75) is 38.3 Å². The molecular formula is C22H30N2O. The maximum Gasteiger partial charge on any atom is 0.0681 e. The van der Waals surface area contributed by atoms with E-state index in [0.717, 1.165) is 24.9 Å². The third-order valence-electron chi connectivity index (χ3n) is 5.20. The lowest BCUT2D eigenvalue weighted by Crippen LogP contribution is -2.43. The van der Waals surface area contributed by atoms with E-state index in [9.17, 15) is 0 Å². The first-order valence-corrected chi connectivity index (χ1v) is 9.52. The van der Waals surface area contributed by atoms with Crippen LogP contribution in [0.4, 0.5) is 0 Å². The zero-order chi connectivity index (χ0) is 17.3. The fourth-order valence-corrected chi connectivity index (χ4v) is 3.52. The Morgan fingerprint density at radius 2 is 1.48 bits per heavy atom. The van der Waals surface area contributed by atoms with Crippen LogP contribution in [0.5, 0.6) is 0 Å². The van der Waals surface area contributed by atoms with E-state index < -0.39 is 0 Å². The Hall–Kier alpha value is -1.68. The molecule has 0 radical (unpaired) electrons. The number of piperidine rings is 1. The molecule has 2 aromatic carbocycles. The number of aliphatic hydroxyl groups is 1. The number of rotatable bonds is 8. The van der Waals surface area contributed by atoms with Crippen LogP contribution in [0.15, 0.2) is 54.6 Å². The van der Waals surface area contributed by atoms with Crippen molar-refractivity contribution in [2.75, 3.05) is 26.2 Å². The van der Waals surface area contributed by atoms with Crippen molar-refractivity contribution in [1.29, 1.82) is 0 Å². The lowest BCUT2D eigenvalue weighted by Gasteiger charge is -2.32. The molecule has 0 bridgehead atoms. The predicted octanol–water partition coefficient (Wildman–Crippen LogP) is 3.02. The van der Waals surface area contributed by atoms with Gasteiger partial charge in [-0.25, -0.2) is 0 Å². The zero-order valence-corrected chi connectivity index (χ0v) is 15.0. The number of nitrogens with zero attached hydrogens (tertiary/aromatic N) is 1. The Labute approximate surface area is 151 Å². The van der Waals surface area contributed by atoms with Gasteiger partial charge in [-0.2, -0.15) is 0 Å². The molecular weight excluding hydrogens is 308 g/mol. The van der Waals surface area contributed by atoms with E-state index in [1.54, 1.807) is 0 Å². The summed E-state index contributed by atoms with van der Waals surface area (Å²) >= 11 is 0. The Bertz CT molecular complexity index is 604. The molecule has 1 heterocycles. The second kappa shape index (κ2) is 9.71. The summed E-state index contributed by atoms with van der Waals surface area (Å²) < 4.78 is 0. The first-order chi connectivity index (χ1) is 12.3. The summed E-state index contributed by atoms with van der Waals surface area (Å²) in [5.74, 6) is 0. The molecule has 1 saturated heterocycles. The van der Waals surface area contributed by atoms with Gasteiger partial charge in [-0.05, 0) is 62.0 Å². The van der Waals surface area contributed by atoms with Crippen LogP contribution < -0.4 is 5.32 Å². The highest BCUT2D eigenvalue weighted by Gasteiger charge is 2.18. The molecule has 0 unspecified atom stereocenters. The van der Waals surface area contributed by atoms with Crippen LogP contribution in [0.25, 0.3) is 0 Å². The first kappa shape index (κ1) is 18.1. The van der Waals surface area contributed by atoms with Crippen molar-refractivity contribution < 1.29 is 5.11 Å². The van der Waals surface area contributed by atoms with Gasteiger partial charge in [0.25, 0.3) is 0 Å². The maximum absolute atomic E-state index is 9.08. The third kappa shape index (κ3) is 5.96. The lowest BCUT2D eigenvalue weighted by molar-refractivity contribution is 0.200. The number of likely N-dealkylation sites (tertiary alicyclic amines) is 1. The largest absolute Gasteiger partial charge is 0.392 e. The monoisotopic (exact) mass is 338 g/mol. The predicted molar refractivity (Wildman–Crippen MR) is 104 cm³/mol. The quantitative estimate of drug-likeness (QED) is 0.777. The molecule has 0 aliphatic carbocycles. The van der Waals surface area contributed by atoms with Crippen LogP contribution >= 0.6 is 0 Å². The second-order valence-corrected chi connectivity index (χ2v) is 7.03. The average molecular weight is 338 g/mol. The molecule has 0 saturated carbocycles. The van der Waals surface area contributed by atoms with Gasteiger partial charge >= 0.3 is 0 Å². The van der Waals surface area contributed by atoms with Crippen molar-refractivity contribution in [3.8, 4) is 0 Å². The van der Waals surface area contributed by atoms with Gasteiger partial charge in [0.2, 0.25) is 0 Å². The van der Waals surface area contributed by atoms with Crippen molar-refractivity contribution in [1.82, 2.24) is 10.2 Å². The first-order valence-electron chi connectivity index (χ1n) is 9.52. The molecule has 0 atom stereocenters. The Morgan fingerprint density at radius 3 is 2.16 bits per heavy atom. The van der Waals surface area contributed by atoms with Crippen LogP contribution in [0, 0.1) is 0 Å². The summed E-state index contributed by atoms with van der Waals surface area (Å²) in [7, 11) is 0. The number of benzene rings is 2. The second-order valence-electron chi connectivity index (χ2n) is 7.03. The number of nitrogens with one attached hydrogen (secondary N) is 1. The number of aliphatic hydroxyl groups excluding tert-OH is 1. The third-order valence-corrected chi connectivity index (χ3v) is 5.20. The SMILES string of the molecule is OCc1ccc(CCNC2CCN(CCc3ccccc3)CC2)cc1. The van der Waals surface area contributed by atoms with Crippen molar-refractivity contribution >= 4 is 0 Å². The fourth-order valence-electron chi connectivity index (χ4n) is 3.52. The van der Waals surface area contributed by atoms with Crippen LogP contribution in [0.3, 0.4) is 0 Å². The highest BCUT2D eigenvalue weighted by molar-refractivity contribution is 5.22. The minimum atomic E-state index is 0.126. The lowest BCUT2D eigenvalue weighted by atomic mass is 10.0. The molecule has 3 nitrogen and oxygen atoms in total. The molecule has 1 aliphatic heterocycles.